The van der Waals surface area contributed by atoms with Crippen molar-refractivity contribution in [1.82, 2.24) is 78.3 Å². The number of carbonyl (C=O) groups excluding carboxylic acids is 6. The summed E-state index contributed by atoms with van der Waals surface area (Å²) in [4.78, 5) is 76.6. The van der Waals surface area contributed by atoms with Crippen LogP contribution in [0.3, 0.4) is 0 Å². The zero-order valence-corrected chi connectivity index (χ0v) is 103. The van der Waals surface area contributed by atoms with Crippen LogP contribution in [0.25, 0.3) is 0 Å². The summed E-state index contributed by atoms with van der Waals surface area (Å²) >= 11 is 15.1. The van der Waals surface area contributed by atoms with E-state index in [1.807, 2.05) is 68.6 Å². The first-order chi connectivity index (χ1) is 68.2. The number of piperidine rings is 1. The molecule has 3 aromatic rings. The molecule has 852 valence electrons. The van der Waals surface area contributed by atoms with E-state index in [2.05, 4.69) is 309 Å². The van der Waals surface area contributed by atoms with Gasteiger partial charge in [0.1, 0.15) is 23.1 Å². The Morgan fingerprint density at radius 2 is 0.690 bits per heavy atom. The summed E-state index contributed by atoms with van der Waals surface area (Å²) in [7, 11) is 1.82. The highest BCUT2D eigenvalue weighted by Crippen LogP contribution is 2.13. The molecule has 145 heavy (non-hydrogen) atoms. The summed E-state index contributed by atoms with van der Waals surface area (Å²) in [5, 5.41) is 41.6. The first-order valence-corrected chi connectivity index (χ1v) is 57.5. The molecule has 1 aromatic heterocycles. The molecule has 2 fully saturated rings. The number of hydrogen-bond donors (Lipinski definition) is 13. The first kappa shape index (κ1) is 156. The molecule has 2 saturated heterocycles. The number of amides is 3. The van der Waals surface area contributed by atoms with Gasteiger partial charge in [0.25, 0.3) is 0 Å². The van der Waals surface area contributed by atoms with Crippen molar-refractivity contribution in [2.24, 2.45) is 82.9 Å². The number of morpholine rings is 1. The molecule has 2 aliphatic heterocycles. The fraction of sp³-hybridized carbons (Fsp3) is 0.788. The molecular weight excluding hydrogens is 1860 g/mol. The normalized spacial score (nSPS) is 11.7. The predicted octanol–water partition coefficient (Wildman–Crippen LogP) is 25.7. The van der Waals surface area contributed by atoms with Gasteiger partial charge in [-0.25, -0.2) is 14.8 Å². The van der Waals surface area contributed by atoms with Crippen LogP contribution in [0.2, 0.25) is 0 Å². The van der Waals surface area contributed by atoms with Crippen molar-refractivity contribution < 1.29 is 33.5 Å². The van der Waals surface area contributed by atoms with Gasteiger partial charge >= 0.3 is 6.03 Å². The summed E-state index contributed by atoms with van der Waals surface area (Å²) in [6, 6.07) is 21.4. The van der Waals surface area contributed by atoms with Crippen LogP contribution in [-0.2, 0) is 35.3 Å². The van der Waals surface area contributed by atoms with Crippen LogP contribution in [0.4, 0.5) is 16.4 Å². The second-order valence-electron chi connectivity index (χ2n) is 43.6. The van der Waals surface area contributed by atoms with Crippen molar-refractivity contribution in [1.29, 1.82) is 0 Å². The van der Waals surface area contributed by atoms with Crippen LogP contribution in [-0.4, -0.2) is 215 Å². The van der Waals surface area contributed by atoms with Crippen LogP contribution < -0.4 is 69.1 Å². The van der Waals surface area contributed by atoms with Gasteiger partial charge in [0.2, 0.25) is 11.9 Å². The van der Waals surface area contributed by atoms with Crippen LogP contribution in [0.15, 0.2) is 79.1 Å². The Balaban J connectivity index is -0.000000198. The third kappa shape index (κ3) is 160. The summed E-state index contributed by atoms with van der Waals surface area (Å²) < 4.78 is 5.26. The van der Waals surface area contributed by atoms with Gasteiger partial charge in [-0.05, 0) is 314 Å². The van der Waals surface area contributed by atoms with Gasteiger partial charge in [0, 0.05) is 117 Å². The van der Waals surface area contributed by atoms with Gasteiger partial charge in [-0.2, -0.15) is 0 Å². The maximum Gasteiger partial charge on any atom is 0.319 e. The Kier molecular flexibility index (Phi) is 125. The number of ether oxygens (including phenoxy) is 1. The number of likely N-dealkylation sites (tertiary alicyclic amines) is 1. The van der Waals surface area contributed by atoms with E-state index in [1.54, 1.807) is 47.0 Å². The van der Waals surface area contributed by atoms with Gasteiger partial charge in [-0.15, -0.1) is 0 Å². The molecule has 0 atom stereocenters. The SMILES string of the molecule is CC(=O)CCC(C)C.CC(=O)CCNCCC(C)C.CC(=O)CNCCC(C)C.CC(=O)CNCCC(C)C.CC(=O)NCCC(C)C.CC(C)CCN1CCCCC1.CC(C)CCN1CCOCC1.CC(C)CCNC(=O)Nc1ccccc1.CC(C)CCNC(=S)NCc1ccccc1.CC(C)CCNc1ncccn1.CCC(C)C.CCCC(C)C.CCNC(=S)NCCC(C)C.CNC(=S)NCCC(C)C. The molecule has 0 radical (unpaired) electrons. The lowest BCUT2D eigenvalue weighted by molar-refractivity contribution is -0.119. The van der Waals surface area contributed by atoms with Crippen LogP contribution in [0.1, 0.15) is 383 Å². The lowest BCUT2D eigenvalue weighted by Crippen LogP contribution is -2.37. The first-order valence-electron chi connectivity index (χ1n) is 56.2. The number of rotatable bonds is 51. The van der Waals surface area contributed by atoms with Crippen molar-refractivity contribution in [3.8, 4) is 0 Å². The standard InChI is InChI=1S/C13H20N2S.C12H18N2O.C10H21N.C9H15N3.2C9H19NO.C8H18N2S.2C8H17NO.C7H16N2S.C7H15NO.C7H14O.C6H14.C5H12/c1-11(2)8-9-14-13(16)15-10-12-6-4-3-5-7-12;1-10(2)8-9-13-12(15)14-11-6-4-3-5-7-11;1-10(2)6-9-11-7-4-3-5-8-11;1-8(2)4-7-12-9-10-5-3-6-11-9;1-9(2)3-4-10-5-7-11-8-6-10;1-8(2)4-6-10-7-5-9(3)11;1-4-9-8(11)10-6-5-7(2)3;2*1-7(2)4-5-9-6-8(3)10;1-6(2)4-5-9-7(10)8-3;1-6(2)4-5-8-7(3)9;1-6(2)4-5-7(3)8;1-4-5-6(2)3;1-4-5(2)3/h3-7,11H,8-10H2,1-2H3,(H2,14,15,16);3-7,10H,8-9H2,1-2H3,(H2,13,14,15);10H,3-9H2,1-2H3;3,5-6,8H,4,7H2,1-2H3,(H,10,11,12);9H,3-8H2,1-2H3;8,10H,4-7H2,1-3H3;7H,4-6H2,1-3H3,(H2,9,10,11);2*7,9H,4-6H2,1-3H3;6H,4-5H2,1-3H3,(H2,8,9,10);6H,4-5H2,1-3H3,(H,8,9);6H,4-5H2,1-3H3;6H,4-5H2,1-3H3;5H,4H2,1-3H3. The fourth-order valence-electron chi connectivity index (χ4n) is 11.2. The van der Waals surface area contributed by atoms with E-state index in [0.717, 1.165) is 242 Å². The predicted molar refractivity (Wildman–Crippen MR) is 647 cm³/mol. The lowest BCUT2D eigenvalue weighted by Gasteiger charge is -2.26. The molecule has 0 aliphatic carbocycles. The molecule has 27 heteroatoms. The van der Waals surface area contributed by atoms with Crippen molar-refractivity contribution >= 4 is 98.7 Å². The molecule has 13 N–H and O–H groups in total. The largest absolute Gasteiger partial charge is 0.379 e. The molecule has 0 saturated carbocycles. The summed E-state index contributed by atoms with van der Waals surface area (Å²) in [5.41, 5.74) is 2.06. The fourth-order valence-corrected chi connectivity index (χ4v) is 11.7. The van der Waals surface area contributed by atoms with E-state index in [0.29, 0.717) is 49.0 Å². The number of nitrogens with zero attached hydrogens (tertiary/aromatic N) is 4. The van der Waals surface area contributed by atoms with Crippen LogP contribution in [0, 0.1) is 82.9 Å². The van der Waals surface area contributed by atoms with E-state index >= 15 is 0 Å². The monoisotopic (exact) mass is 2100 g/mol. The van der Waals surface area contributed by atoms with Crippen molar-refractivity contribution in [3.05, 3.63) is 84.7 Å². The Hall–Kier alpha value is -6.43. The number of thiocarbonyl (C=S) groups is 3. The third-order valence-corrected chi connectivity index (χ3v) is 22.0. The summed E-state index contributed by atoms with van der Waals surface area (Å²) in [6.45, 7) is 97.4. The molecule has 2 aliphatic rings. The second-order valence-corrected chi connectivity index (χ2v) is 44.8. The summed E-state index contributed by atoms with van der Waals surface area (Å²) in [6.07, 6.45) is 27.1. The second kappa shape index (κ2) is 116. The van der Waals surface area contributed by atoms with Gasteiger partial charge in [-0.3, -0.25) is 24.1 Å². The lowest BCUT2D eigenvalue weighted by atomic mass is 10.1. The highest BCUT2D eigenvalue weighted by Gasteiger charge is 2.12. The number of aromatic nitrogens is 2. The Morgan fingerprint density at radius 3 is 1.03 bits per heavy atom. The molecule has 5 rings (SSSR count). The van der Waals surface area contributed by atoms with Crippen LogP contribution >= 0.6 is 36.7 Å². The van der Waals surface area contributed by atoms with E-state index in [-0.39, 0.29) is 29.3 Å². The molecule has 0 bridgehead atoms. The zero-order valence-electron chi connectivity index (χ0n) is 101. The molecule has 0 unspecified atom stereocenters. The molecule has 2 aromatic carbocycles. The maximum absolute atomic E-state index is 11.4. The Labute approximate surface area is 911 Å². The average Bonchev–Trinajstić information content (AvgIpc) is 0.957. The number of anilines is 2. The van der Waals surface area contributed by atoms with Crippen molar-refractivity contribution in [2.45, 2.75) is 384 Å². The highest BCUT2D eigenvalue weighted by molar-refractivity contribution is 7.80. The quantitative estimate of drug-likeness (QED) is 0.0185. The smallest absolute Gasteiger partial charge is 0.319 e. The third-order valence-electron chi connectivity index (χ3n) is 21.0. The van der Waals surface area contributed by atoms with Gasteiger partial charge in [0.05, 0.1) is 26.3 Å². The number of nitrogens with one attached hydrogen (secondary N) is 13. The number of benzene rings is 2. The topological polar surface area (TPSA) is 300 Å². The minimum atomic E-state index is -0.137. The van der Waals surface area contributed by atoms with Gasteiger partial charge < -0.3 is 83.5 Å². The number of carbonyl (C=O) groups is 6. The van der Waals surface area contributed by atoms with Gasteiger partial charge in [0.15, 0.2) is 15.3 Å². The van der Waals surface area contributed by atoms with E-state index in [4.69, 9.17) is 41.4 Å². The highest BCUT2D eigenvalue weighted by atomic mass is 32.1. The summed E-state index contributed by atoms with van der Waals surface area (Å²) in [5.74, 6) is 12.3. The molecular formula is C118H235N17O7S3. The number of urea groups is 1. The number of para-hydroxylation sites is 1. The van der Waals surface area contributed by atoms with Crippen molar-refractivity contribution in [3.63, 3.8) is 0 Å². The van der Waals surface area contributed by atoms with Gasteiger partial charge in [-0.1, -0.05) is 282 Å². The van der Waals surface area contributed by atoms with Crippen molar-refractivity contribution in [2.75, 3.05) is 155 Å². The van der Waals surface area contributed by atoms with Crippen LogP contribution in [0.5, 0.6) is 0 Å². The minimum Gasteiger partial charge on any atom is -0.379 e. The molecule has 3 amide bonds. The average molecular weight is 2100 g/mol. The Bertz CT molecular complexity index is 3240. The zero-order chi connectivity index (χ0) is 112. The molecule has 3 heterocycles. The Morgan fingerprint density at radius 1 is 0.345 bits per heavy atom. The number of ketones is 4. The van der Waals surface area contributed by atoms with E-state index < -0.39 is 0 Å². The van der Waals surface area contributed by atoms with E-state index in [1.165, 1.54) is 102 Å². The molecule has 0 spiro atoms. The molecule has 24 nitrogen and oxygen atoms in total. The maximum atomic E-state index is 11.4. The minimum absolute atomic E-state index is 0.0654. The number of Topliss-reactive ketones (excluding diaryl/α,β-unsaturated/α-hetero) is 4. The van der Waals surface area contributed by atoms with E-state index in [9.17, 15) is 28.8 Å². The number of hydrogen-bond acceptors (Lipinski definition) is 18.